The van der Waals surface area contributed by atoms with E-state index in [-0.39, 0.29) is 68.3 Å². The highest BCUT2D eigenvalue weighted by Gasteiger charge is 2.33. The Hall–Kier alpha value is -7.92. The molecule has 0 atom stereocenters. The number of aromatic nitrogens is 4. The SMILES string of the molecule is [2H]C([2H])(C)N(CCN(Cc1ccc(-c2ccc(C(F)(F)F)cc2)cc1)C(=O)Cn1c(SCc2ccc(F)cc2)nc(=O)c2c1CCC2)C([2H])([2H])C.[2H]c1c([2H])c(C([2H])([2H])Sc2nc(=O)c3c(n2CC(=O)N(CCN(CC)CC)Cc2c([2H])c([2H])c(-c4c([2H])c([2H])c(C(F)(F)F)c(C)c4[2H])c([2H])c2[2H])C([2H])([2H])C([2H])([2H])C3([2H])[2H])c([2H])c([2H])c1F. The van der Waals surface area contributed by atoms with Crippen molar-refractivity contribution in [2.45, 2.75) is 133 Å². The smallest absolute Gasteiger partial charge is 0.336 e. The van der Waals surface area contributed by atoms with Gasteiger partial charge in [-0.3, -0.25) is 19.2 Å². The number of hydrogen-bond acceptors (Lipinski definition) is 10. The normalized spacial score (nSPS) is 18.4. The monoisotopic (exact) mass is 1370 g/mol. The van der Waals surface area contributed by atoms with E-state index in [1.165, 1.54) is 54.8 Å². The molecule has 0 unspecified atom stereocenters. The third-order valence-corrected chi connectivity index (χ3v) is 17.1. The van der Waals surface area contributed by atoms with Gasteiger partial charge in [-0.25, -0.2) is 8.78 Å². The first-order valence-corrected chi connectivity index (χ1v) is 31.5. The van der Waals surface area contributed by atoms with Crippen molar-refractivity contribution in [3.05, 3.63) is 233 Å². The molecule has 10 rings (SSSR count). The van der Waals surface area contributed by atoms with E-state index < -0.39 is 202 Å². The molecule has 0 saturated carbocycles. The van der Waals surface area contributed by atoms with E-state index in [4.69, 9.17) is 31.5 Å². The van der Waals surface area contributed by atoms with Crippen molar-refractivity contribution in [3.8, 4) is 22.3 Å². The fourth-order valence-electron chi connectivity index (χ4n) is 10.1. The largest absolute Gasteiger partial charge is 0.416 e. The van der Waals surface area contributed by atoms with Crippen LogP contribution in [0, 0.1) is 18.6 Å². The van der Waals surface area contributed by atoms with E-state index in [1.807, 2.05) is 0 Å². The van der Waals surface area contributed by atoms with Gasteiger partial charge in [-0.1, -0.05) is 148 Å². The molecule has 502 valence electrons. The van der Waals surface area contributed by atoms with Crippen LogP contribution in [0.2, 0.25) is 0 Å². The molecule has 2 amide bonds. The second kappa shape index (κ2) is 32.7. The maximum atomic E-state index is 14.7. The van der Waals surface area contributed by atoms with Gasteiger partial charge in [0.05, 0.1) is 26.2 Å². The standard InChI is InChI=1S/C37H40F4N4O2S.C36H38F4N4O2S/c1-4-43(5-2)19-20-44(22-26-9-13-28(14-10-26)29-15-18-32(25(3)21-29)37(39,40)41)34(46)23-45-33-8-6-7-31(33)35(47)42-36(45)48-24-27-11-16-30(38)17-12-27;1-3-42(4-2)20-21-43(22-25-8-12-27(13-9-25)28-14-16-29(17-15-28)36(38,39)40)33(45)23-44-32-7-5-6-31(32)34(46)41-35(44)47-24-26-10-18-30(37)19-11-26/h9-18,21H,4-8,19-20,22-24H2,1-3H3;8-19H,3-7,20-24H2,1-2H3/i6D2,7D2,8D2,9D,10D,11D,12D,13D,14D,15D,16D,17D,18D,21D,24D2;3D2,4D2. The molecule has 12 nitrogen and oxygen atoms in total. The van der Waals surface area contributed by atoms with Crippen LogP contribution in [-0.4, -0.2) is 103 Å². The van der Waals surface area contributed by atoms with Crippen LogP contribution in [0.15, 0.2) is 159 Å². The fraction of sp³-hybridized carbons (Fsp3) is 0.370. The number of fused-ring (bicyclic) bond motifs is 2. The molecule has 0 aliphatic heterocycles. The Morgan fingerprint density at radius 3 is 1.69 bits per heavy atom. The summed E-state index contributed by atoms with van der Waals surface area (Å²) in [6, 6.07) is 5.48. The summed E-state index contributed by atoms with van der Waals surface area (Å²) < 4.78 is 306. The molecule has 0 bridgehead atoms. The highest BCUT2D eigenvalue weighted by molar-refractivity contribution is 7.98. The number of carbonyl (C=O) groups excluding carboxylic acids is 2. The summed E-state index contributed by atoms with van der Waals surface area (Å²) in [6.45, 7) is 0.954. The predicted octanol–water partition coefficient (Wildman–Crippen LogP) is 14.7. The van der Waals surface area contributed by atoms with Crippen molar-refractivity contribution in [2.24, 2.45) is 0 Å². The average molecular weight is 1370 g/mol. The van der Waals surface area contributed by atoms with Gasteiger partial charge >= 0.3 is 12.4 Å². The van der Waals surface area contributed by atoms with Crippen LogP contribution in [0.5, 0.6) is 0 Å². The molecule has 0 fully saturated rings. The van der Waals surface area contributed by atoms with Crippen molar-refractivity contribution in [2.75, 3.05) is 52.3 Å². The van der Waals surface area contributed by atoms with Crippen LogP contribution in [0.25, 0.3) is 22.3 Å². The average Bonchev–Trinajstić information content (AvgIpc) is 1.52. The summed E-state index contributed by atoms with van der Waals surface area (Å²) in [5.74, 6) is -3.14. The molecular weight excluding hydrogens is 1270 g/mol. The number of hydrogen-bond donors (Lipinski definition) is 0. The zero-order valence-electron chi connectivity index (χ0n) is 74.9. The fourth-order valence-corrected chi connectivity index (χ4v) is 11.8. The zero-order chi connectivity index (χ0) is 88.3. The van der Waals surface area contributed by atoms with E-state index in [0.29, 0.717) is 63.7 Å². The van der Waals surface area contributed by atoms with Crippen LogP contribution in [0.4, 0.5) is 35.1 Å². The number of alkyl halides is 6. The summed E-state index contributed by atoms with van der Waals surface area (Å²) in [7, 11) is 0. The van der Waals surface area contributed by atoms with E-state index in [2.05, 4.69) is 9.97 Å². The topological polar surface area (TPSA) is 117 Å². The van der Waals surface area contributed by atoms with Gasteiger partial charge in [0.15, 0.2) is 10.3 Å². The Balaban J connectivity index is 0.000000279. The van der Waals surface area contributed by atoms with Gasteiger partial charge in [0.1, 0.15) is 24.7 Å². The first kappa shape index (κ1) is 46.3. The number of thioether (sulfide) groups is 2. The zero-order valence-corrected chi connectivity index (χ0v) is 53.5. The lowest BCUT2D eigenvalue weighted by molar-refractivity contribution is -0.138. The summed E-state index contributed by atoms with van der Waals surface area (Å²) in [5, 5.41) is -0.633. The lowest BCUT2D eigenvalue weighted by Crippen LogP contribution is -2.40. The Morgan fingerprint density at radius 2 is 1.11 bits per heavy atom. The quantitative estimate of drug-likeness (QED) is 0.0295. The summed E-state index contributed by atoms with van der Waals surface area (Å²) >= 11 is 1.07. The van der Waals surface area contributed by atoms with Crippen molar-refractivity contribution < 1.29 is 76.2 Å². The van der Waals surface area contributed by atoms with Crippen molar-refractivity contribution in [1.29, 1.82) is 0 Å². The predicted molar refractivity (Wildman–Crippen MR) is 358 cm³/mol. The highest BCUT2D eigenvalue weighted by atomic mass is 32.2. The first-order chi connectivity index (χ1) is 54.5. The Kier molecular flexibility index (Phi) is 15.9. The Morgan fingerprint density at radius 1 is 0.568 bits per heavy atom. The molecule has 0 saturated heterocycles. The van der Waals surface area contributed by atoms with Gasteiger partial charge in [-0.15, -0.1) is 0 Å². The number of carbonyl (C=O) groups is 2. The van der Waals surface area contributed by atoms with Crippen LogP contribution in [0.1, 0.15) is 133 Å². The Labute approximate surface area is 589 Å². The molecule has 2 aliphatic carbocycles. The molecule has 2 aromatic heterocycles. The highest BCUT2D eigenvalue weighted by Crippen LogP contribution is 2.36. The lowest BCUT2D eigenvalue weighted by atomic mass is 9.98. The van der Waals surface area contributed by atoms with E-state index in [0.717, 1.165) is 46.5 Å². The third kappa shape index (κ3) is 19.0. The third-order valence-electron chi connectivity index (χ3n) is 15.3. The molecule has 8 aromatic rings. The molecule has 0 radical (unpaired) electrons. The summed E-state index contributed by atoms with van der Waals surface area (Å²) in [4.78, 5) is 68.8. The van der Waals surface area contributed by atoms with Gasteiger partial charge < -0.3 is 28.7 Å². The molecule has 6 aromatic carbocycles. The van der Waals surface area contributed by atoms with Crippen molar-refractivity contribution in [1.82, 2.24) is 38.7 Å². The van der Waals surface area contributed by atoms with Gasteiger partial charge in [0, 0.05) is 89.7 Å². The second-order valence-corrected chi connectivity index (χ2v) is 23.1. The van der Waals surface area contributed by atoms with Crippen LogP contribution in [0.3, 0.4) is 0 Å². The van der Waals surface area contributed by atoms with Gasteiger partial charge in [0.2, 0.25) is 11.8 Å². The second-order valence-electron chi connectivity index (χ2n) is 21.4. The molecule has 0 N–H and O–H groups in total. The van der Waals surface area contributed by atoms with Crippen LogP contribution in [-0.2, 0) is 85.2 Å². The number of rotatable bonds is 26. The minimum atomic E-state index is -5.17. The maximum Gasteiger partial charge on any atom is 0.416 e. The van der Waals surface area contributed by atoms with Crippen molar-refractivity contribution in [3.63, 3.8) is 0 Å². The summed E-state index contributed by atoms with van der Waals surface area (Å²) in [5.41, 5.74) is -9.87. The van der Waals surface area contributed by atoms with E-state index in [9.17, 15) is 54.3 Å². The van der Waals surface area contributed by atoms with Crippen molar-refractivity contribution >= 4 is 35.3 Å². The molecule has 22 heteroatoms. The Bertz CT molecular complexity index is 5210. The van der Waals surface area contributed by atoms with Gasteiger partial charge in [-0.2, -0.15) is 36.3 Å². The number of likely N-dealkylation sites (N-methyl/N-ethyl adjacent to an activating group) is 2. The first-order valence-electron chi connectivity index (χ1n) is 41.2. The lowest BCUT2D eigenvalue weighted by Gasteiger charge is -2.28. The van der Waals surface area contributed by atoms with E-state index >= 15 is 0 Å². The van der Waals surface area contributed by atoms with E-state index in [1.54, 1.807) is 59.7 Å². The van der Waals surface area contributed by atoms with Crippen LogP contribution >= 0.6 is 23.5 Å². The molecule has 95 heavy (non-hydrogen) atoms. The molecule has 2 heterocycles. The molecule has 2 aliphatic rings. The minimum Gasteiger partial charge on any atom is -0.336 e. The van der Waals surface area contributed by atoms with Crippen LogP contribution < -0.4 is 11.1 Å². The minimum absolute atomic E-state index is 0.0328. The molecular formula is C73H78F8N8O4S2. The number of benzene rings is 6. The number of halogens is 8. The van der Waals surface area contributed by atoms with Gasteiger partial charge in [0.25, 0.3) is 11.1 Å². The van der Waals surface area contributed by atoms with Gasteiger partial charge in [-0.05, 0) is 164 Å². The maximum absolute atomic E-state index is 14.7. The summed E-state index contributed by atoms with van der Waals surface area (Å²) in [6.07, 6.45) is -18.3. The molecule has 0 spiro atoms. The number of amides is 2. The number of nitrogens with zero attached hydrogens (tertiary/aromatic N) is 8.